The molecule has 196 valence electrons. The maximum Gasteiger partial charge on any atom is 0.264 e. The molecule has 0 aromatic heterocycles. The Kier molecular flexibility index (Phi) is 8.39. The van der Waals surface area contributed by atoms with Crippen molar-refractivity contribution in [2.75, 3.05) is 28.8 Å². The predicted molar refractivity (Wildman–Crippen MR) is 146 cm³/mol. The summed E-state index contributed by atoms with van der Waals surface area (Å²) in [4.78, 5) is 15.4. The Labute approximate surface area is 223 Å². The molecule has 0 radical (unpaired) electrons. The molecule has 1 saturated heterocycles. The van der Waals surface area contributed by atoms with Crippen molar-refractivity contribution in [3.63, 3.8) is 0 Å². The minimum absolute atomic E-state index is 0.0129. The van der Waals surface area contributed by atoms with Gasteiger partial charge in [0.15, 0.2) is 0 Å². The molecule has 0 spiro atoms. The first-order valence-electron chi connectivity index (χ1n) is 12.3. The van der Waals surface area contributed by atoms with Crippen LogP contribution in [0.25, 0.3) is 0 Å². The highest BCUT2D eigenvalue weighted by atomic mass is 35.5. The quantitative estimate of drug-likeness (QED) is 0.390. The van der Waals surface area contributed by atoms with E-state index in [1.807, 2.05) is 19.1 Å². The van der Waals surface area contributed by atoms with Gasteiger partial charge in [-0.3, -0.25) is 9.10 Å². The van der Waals surface area contributed by atoms with E-state index in [1.165, 1.54) is 37.1 Å². The van der Waals surface area contributed by atoms with Crippen molar-refractivity contribution in [2.45, 2.75) is 37.6 Å². The molecule has 1 aliphatic heterocycles. The molecule has 6 nitrogen and oxygen atoms in total. The molecule has 2 atom stereocenters. The Balaban J connectivity index is 1.51. The van der Waals surface area contributed by atoms with E-state index in [0.717, 1.165) is 34.7 Å². The lowest BCUT2D eigenvalue weighted by Crippen LogP contribution is -2.41. The van der Waals surface area contributed by atoms with E-state index in [-0.39, 0.29) is 21.6 Å². The summed E-state index contributed by atoms with van der Waals surface area (Å²) in [5, 5.41) is 2.65. The Bertz CT molecular complexity index is 1340. The Morgan fingerprint density at radius 3 is 2.49 bits per heavy atom. The molecular weight excluding hydrogens is 513 g/mol. The molecule has 0 aliphatic carbocycles. The van der Waals surface area contributed by atoms with E-state index >= 15 is 0 Å². The van der Waals surface area contributed by atoms with Gasteiger partial charge in [-0.2, -0.15) is 0 Å². The second-order valence-corrected chi connectivity index (χ2v) is 11.8. The fourth-order valence-electron chi connectivity index (χ4n) is 4.57. The molecule has 1 amide bonds. The van der Waals surface area contributed by atoms with Crippen LogP contribution in [0, 0.1) is 11.7 Å². The number of hydrogen-bond acceptors (Lipinski definition) is 4. The second-order valence-electron chi connectivity index (χ2n) is 9.50. The van der Waals surface area contributed by atoms with E-state index in [1.54, 1.807) is 18.2 Å². The monoisotopic (exact) mass is 543 g/mol. The number of halogens is 2. The van der Waals surface area contributed by atoms with E-state index in [0.29, 0.717) is 5.92 Å². The average Bonchev–Trinajstić information content (AvgIpc) is 2.89. The zero-order valence-corrected chi connectivity index (χ0v) is 22.5. The first-order chi connectivity index (χ1) is 17.6. The summed E-state index contributed by atoms with van der Waals surface area (Å²) >= 11 is 5.93. The third-order valence-electron chi connectivity index (χ3n) is 6.60. The molecule has 9 heteroatoms. The lowest BCUT2D eigenvalue weighted by molar-refractivity contribution is -0.120. The lowest BCUT2D eigenvalue weighted by Gasteiger charge is -2.33. The lowest BCUT2D eigenvalue weighted by atomic mass is 9.99. The maximum atomic E-state index is 13.8. The minimum Gasteiger partial charge on any atom is -0.371 e. The standard InChI is InChI=1S/C28H31ClFN3O3S/c1-20-7-6-16-32(18-20)23-12-10-22(11-13-23)21(2)31-28(34)19-33(24-14-15-27(30)26(29)17-24)37(35,36)25-8-4-3-5-9-25/h3-5,8-15,17,20-21H,6-7,16,18-19H2,1-2H3,(H,31,34). The Morgan fingerprint density at radius 1 is 1.14 bits per heavy atom. The third kappa shape index (κ3) is 6.43. The predicted octanol–water partition coefficient (Wildman–Crippen LogP) is 5.79. The van der Waals surface area contributed by atoms with Gasteiger partial charge in [0.25, 0.3) is 10.0 Å². The van der Waals surface area contributed by atoms with E-state index in [4.69, 9.17) is 11.6 Å². The molecule has 2 unspecified atom stereocenters. The van der Waals surface area contributed by atoms with Crippen LogP contribution in [0.1, 0.15) is 38.3 Å². The number of amides is 1. The van der Waals surface area contributed by atoms with Crippen LogP contribution in [0.5, 0.6) is 0 Å². The molecular formula is C28H31ClFN3O3S. The van der Waals surface area contributed by atoms with Crippen LogP contribution >= 0.6 is 11.6 Å². The molecule has 1 N–H and O–H groups in total. The summed E-state index contributed by atoms with van der Waals surface area (Å²) in [6.45, 7) is 5.69. The number of carbonyl (C=O) groups excluding carboxylic acids is 1. The largest absolute Gasteiger partial charge is 0.371 e. The van der Waals surface area contributed by atoms with Crippen molar-refractivity contribution in [3.05, 3.63) is 89.2 Å². The smallest absolute Gasteiger partial charge is 0.264 e. The van der Waals surface area contributed by atoms with E-state index in [9.17, 15) is 17.6 Å². The molecule has 3 aromatic carbocycles. The average molecular weight is 544 g/mol. The fourth-order valence-corrected chi connectivity index (χ4v) is 6.18. The SMILES string of the molecule is CC1CCCN(c2ccc(C(C)NC(=O)CN(c3ccc(F)c(Cl)c3)S(=O)(=O)c3ccccc3)cc2)C1. The van der Waals surface area contributed by atoms with Gasteiger partial charge in [-0.05, 0) is 73.7 Å². The highest BCUT2D eigenvalue weighted by molar-refractivity contribution is 7.92. The Morgan fingerprint density at radius 2 is 1.84 bits per heavy atom. The number of piperidine rings is 1. The number of nitrogens with one attached hydrogen (secondary N) is 1. The highest BCUT2D eigenvalue weighted by Crippen LogP contribution is 2.28. The van der Waals surface area contributed by atoms with Crippen molar-refractivity contribution in [1.29, 1.82) is 0 Å². The third-order valence-corrected chi connectivity index (χ3v) is 8.68. The zero-order chi connectivity index (χ0) is 26.6. The number of rotatable bonds is 8. The summed E-state index contributed by atoms with van der Waals surface area (Å²) < 4.78 is 41.6. The van der Waals surface area contributed by atoms with Crippen LogP contribution in [0.2, 0.25) is 5.02 Å². The van der Waals surface area contributed by atoms with Crippen LogP contribution in [0.4, 0.5) is 15.8 Å². The van der Waals surface area contributed by atoms with Crippen LogP contribution in [0.3, 0.4) is 0 Å². The van der Waals surface area contributed by atoms with Crippen LogP contribution in [-0.4, -0.2) is 34.0 Å². The molecule has 0 bridgehead atoms. The Hall–Kier alpha value is -3.10. The number of anilines is 2. The van der Waals surface area contributed by atoms with Gasteiger partial charge in [0.05, 0.1) is 21.6 Å². The van der Waals surface area contributed by atoms with Crippen LogP contribution in [0.15, 0.2) is 77.7 Å². The van der Waals surface area contributed by atoms with Gasteiger partial charge >= 0.3 is 0 Å². The number of sulfonamides is 1. The number of nitrogens with zero attached hydrogens (tertiary/aromatic N) is 2. The number of benzene rings is 3. The molecule has 4 rings (SSSR count). The number of hydrogen-bond donors (Lipinski definition) is 1. The van der Waals surface area contributed by atoms with Crippen molar-refractivity contribution < 1.29 is 17.6 Å². The topological polar surface area (TPSA) is 69.7 Å². The van der Waals surface area contributed by atoms with Crippen LogP contribution < -0.4 is 14.5 Å². The van der Waals surface area contributed by atoms with Gasteiger partial charge in [-0.15, -0.1) is 0 Å². The van der Waals surface area contributed by atoms with E-state index in [2.05, 4.69) is 29.3 Å². The zero-order valence-electron chi connectivity index (χ0n) is 20.9. The fraction of sp³-hybridized carbons (Fsp3) is 0.321. The van der Waals surface area contributed by atoms with Gasteiger partial charge in [-0.1, -0.05) is 48.9 Å². The number of carbonyl (C=O) groups is 1. The van der Waals surface area contributed by atoms with Crippen molar-refractivity contribution >= 4 is 38.9 Å². The molecule has 1 fully saturated rings. The van der Waals surface area contributed by atoms with Gasteiger partial charge < -0.3 is 10.2 Å². The molecule has 37 heavy (non-hydrogen) atoms. The van der Waals surface area contributed by atoms with Gasteiger partial charge in [0, 0.05) is 18.8 Å². The van der Waals surface area contributed by atoms with Gasteiger partial charge in [0.2, 0.25) is 5.91 Å². The summed E-state index contributed by atoms with van der Waals surface area (Å²) in [7, 11) is -4.12. The summed E-state index contributed by atoms with van der Waals surface area (Å²) in [6, 6.07) is 19.1. The molecule has 0 saturated carbocycles. The van der Waals surface area contributed by atoms with Crippen molar-refractivity contribution in [3.8, 4) is 0 Å². The first kappa shape index (κ1) is 26.9. The first-order valence-corrected chi connectivity index (χ1v) is 14.1. The van der Waals surface area contributed by atoms with Crippen molar-refractivity contribution in [1.82, 2.24) is 5.32 Å². The minimum atomic E-state index is -4.12. The van der Waals surface area contributed by atoms with Gasteiger partial charge in [-0.25, -0.2) is 12.8 Å². The summed E-state index contributed by atoms with van der Waals surface area (Å²) in [5.74, 6) is -0.512. The summed E-state index contributed by atoms with van der Waals surface area (Å²) in [5.41, 5.74) is 2.16. The molecule has 1 heterocycles. The van der Waals surface area contributed by atoms with Gasteiger partial charge in [0.1, 0.15) is 12.4 Å². The molecule has 1 aliphatic rings. The molecule has 3 aromatic rings. The van der Waals surface area contributed by atoms with Crippen molar-refractivity contribution in [2.24, 2.45) is 5.92 Å². The second kappa shape index (κ2) is 11.5. The van der Waals surface area contributed by atoms with E-state index < -0.39 is 28.3 Å². The summed E-state index contributed by atoms with van der Waals surface area (Å²) in [6.07, 6.45) is 2.43. The normalized spacial score (nSPS) is 16.8. The highest BCUT2D eigenvalue weighted by Gasteiger charge is 2.28. The maximum absolute atomic E-state index is 13.8. The van der Waals surface area contributed by atoms with Crippen LogP contribution in [-0.2, 0) is 14.8 Å².